The van der Waals surface area contributed by atoms with Crippen molar-refractivity contribution in [1.29, 1.82) is 0 Å². The van der Waals surface area contributed by atoms with Crippen LogP contribution in [0.5, 0.6) is 0 Å². The number of hydrogen-bond donors (Lipinski definition) is 1. The lowest BCUT2D eigenvalue weighted by molar-refractivity contribution is 0.102. The number of carbonyl (C=O) groups excluding carboxylic acids is 1. The molecule has 10 heteroatoms. The fraction of sp³-hybridized carbons (Fsp3) is 0.320. The molecule has 0 atom stereocenters. The van der Waals surface area contributed by atoms with E-state index < -0.39 is 15.9 Å². The third-order valence-electron chi connectivity index (χ3n) is 5.98. The Balaban J connectivity index is 1.78. The highest BCUT2D eigenvalue weighted by Gasteiger charge is 2.24. The quantitative estimate of drug-likeness (QED) is 0.382. The molecule has 3 aromatic heterocycles. The molecule has 0 fully saturated rings. The maximum Gasteiger partial charge on any atom is 0.259 e. The van der Waals surface area contributed by atoms with E-state index >= 15 is 0 Å². The van der Waals surface area contributed by atoms with Crippen molar-refractivity contribution in [2.75, 3.05) is 18.4 Å². The number of aryl methyl sites for hydroxylation is 4. The van der Waals surface area contributed by atoms with Crippen molar-refractivity contribution >= 4 is 32.7 Å². The second-order valence-electron chi connectivity index (χ2n) is 8.35. The van der Waals surface area contributed by atoms with Gasteiger partial charge in [0, 0.05) is 24.3 Å². The summed E-state index contributed by atoms with van der Waals surface area (Å²) >= 11 is 0. The van der Waals surface area contributed by atoms with Crippen molar-refractivity contribution in [1.82, 2.24) is 14.4 Å². The topological polar surface area (TPSA) is 119 Å². The number of nitrogens with zero attached hydrogens (tertiary/aromatic N) is 3. The molecule has 1 aromatic carbocycles. The van der Waals surface area contributed by atoms with Crippen molar-refractivity contribution in [3.8, 4) is 11.3 Å². The van der Waals surface area contributed by atoms with Crippen LogP contribution in [0.3, 0.4) is 0 Å². The van der Waals surface area contributed by atoms with Gasteiger partial charge in [-0.1, -0.05) is 25.1 Å². The molecule has 0 saturated carbocycles. The van der Waals surface area contributed by atoms with Gasteiger partial charge in [-0.2, -0.15) is 4.31 Å². The number of sulfonamides is 1. The Morgan fingerprint density at radius 1 is 1.06 bits per heavy atom. The summed E-state index contributed by atoms with van der Waals surface area (Å²) in [7, 11) is -3.68. The summed E-state index contributed by atoms with van der Waals surface area (Å²) in [5, 5.41) is 7.36. The highest BCUT2D eigenvalue weighted by atomic mass is 32.2. The van der Waals surface area contributed by atoms with Gasteiger partial charge in [-0.15, -0.1) is 0 Å². The average Bonchev–Trinajstić information content (AvgIpc) is 3.36. The van der Waals surface area contributed by atoms with Crippen molar-refractivity contribution in [3.63, 3.8) is 0 Å². The van der Waals surface area contributed by atoms with Crippen LogP contribution in [-0.2, 0) is 10.0 Å². The number of benzene rings is 1. The summed E-state index contributed by atoms with van der Waals surface area (Å²) in [5.41, 5.74) is 3.47. The van der Waals surface area contributed by atoms with Gasteiger partial charge in [-0.05, 0) is 57.5 Å². The number of aromatic nitrogens is 2. The molecule has 1 amide bonds. The first kappa shape index (κ1) is 24.6. The zero-order chi connectivity index (χ0) is 25.5. The Kier molecular flexibility index (Phi) is 6.52. The van der Waals surface area contributed by atoms with Crippen LogP contribution in [0.15, 0.2) is 44.2 Å². The first-order chi connectivity index (χ1) is 16.6. The molecule has 184 valence electrons. The molecular formula is C25H28N4O5S. The highest BCUT2D eigenvalue weighted by Crippen LogP contribution is 2.31. The molecule has 0 saturated heterocycles. The zero-order valence-corrected chi connectivity index (χ0v) is 21.4. The molecule has 0 spiro atoms. The molecule has 4 rings (SSSR count). The van der Waals surface area contributed by atoms with E-state index in [4.69, 9.17) is 8.94 Å². The van der Waals surface area contributed by atoms with E-state index in [1.807, 2.05) is 19.9 Å². The molecule has 0 unspecified atom stereocenters. The number of carbonyl (C=O) groups is 1. The molecule has 0 aliphatic carbocycles. The van der Waals surface area contributed by atoms with Crippen LogP contribution in [0.1, 0.15) is 47.0 Å². The monoisotopic (exact) mass is 496 g/mol. The van der Waals surface area contributed by atoms with Gasteiger partial charge in [-0.3, -0.25) is 4.79 Å². The molecular weight excluding hydrogens is 468 g/mol. The standard InChI is InChI=1S/C25H28N4O5S/c1-7-29(8-2)35(31,32)18-10-9-14(3)21(12-18)26-24(30)20-13-22(19-11-15(4)33-17(19)6)27-25-23(20)16(5)28-34-25/h9-13H,7-8H2,1-6H3,(H,26,30). The number of rotatable bonds is 7. The third-order valence-corrected chi connectivity index (χ3v) is 8.02. The van der Waals surface area contributed by atoms with Gasteiger partial charge >= 0.3 is 0 Å². The van der Waals surface area contributed by atoms with Crippen molar-refractivity contribution in [2.24, 2.45) is 0 Å². The Hall–Kier alpha value is -3.50. The summed E-state index contributed by atoms with van der Waals surface area (Å²) in [4.78, 5) is 18.2. The van der Waals surface area contributed by atoms with Crippen molar-refractivity contribution < 1.29 is 22.2 Å². The van der Waals surface area contributed by atoms with E-state index in [1.165, 1.54) is 10.4 Å². The van der Waals surface area contributed by atoms with Gasteiger partial charge < -0.3 is 14.3 Å². The lowest BCUT2D eigenvalue weighted by Crippen LogP contribution is -2.30. The molecule has 0 aliphatic heterocycles. The van der Waals surface area contributed by atoms with E-state index in [0.29, 0.717) is 46.9 Å². The Morgan fingerprint density at radius 3 is 2.40 bits per heavy atom. The van der Waals surface area contributed by atoms with Crippen molar-refractivity contribution in [2.45, 2.75) is 46.4 Å². The summed E-state index contributed by atoms with van der Waals surface area (Å²) in [6.45, 7) is 11.5. The van der Waals surface area contributed by atoms with Crippen LogP contribution in [-0.4, -0.2) is 41.9 Å². The number of hydrogen-bond acceptors (Lipinski definition) is 7. The lowest BCUT2D eigenvalue weighted by atomic mass is 10.0. The normalized spacial score (nSPS) is 12.0. The maximum absolute atomic E-state index is 13.5. The third kappa shape index (κ3) is 4.46. The van der Waals surface area contributed by atoms with E-state index in [2.05, 4.69) is 15.5 Å². The Labute approximate surface area is 204 Å². The van der Waals surface area contributed by atoms with E-state index in [-0.39, 0.29) is 10.6 Å². The van der Waals surface area contributed by atoms with Crippen LogP contribution in [0, 0.1) is 27.7 Å². The zero-order valence-electron chi connectivity index (χ0n) is 20.6. The molecule has 9 nitrogen and oxygen atoms in total. The summed E-state index contributed by atoms with van der Waals surface area (Å²) in [6, 6.07) is 8.24. The minimum Gasteiger partial charge on any atom is -0.466 e. The number of amides is 1. The van der Waals surface area contributed by atoms with Gasteiger partial charge in [0.1, 0.15) is 11.5 Å². The molecule has 3 heterocycles. The molecule has 1 N–H and O–H groups in total. The molecule has 0 radical (unpaired) electrons. The second-order valence-corrected chi connectivity index (χ2v) is 10.3. The fourth-order valence-corrected chi connectivity index (χ4v) is 5.58. The highest BCUT2D eigenvalue weighted by molar-refractivity contribution is 7.89. The van der Waals surface area contributed by atoms with Crippen molar-refractivity contribution in [3.05, 3.63) is 58.7 Å². The van der Waals surface area contributed by atoms with Gasteiger partial charge in [0.25, 0.3) is 11.6 Å². The van der Waals surface area contributed by atoms with Crippen LogP contribution < -0.4 is 5.32 Å². The second kappa shape index (κ2) is 9.27. The average molecular weight is 497 g/mol. The van der Waals surface area contributed by atoms with E-state index in [9.17, 15) is 13.2 Å². The predicted octanol–water partition coefficient (Wildman–Crippen LogP) is 5.00. The van der Waals surface area contributed by atoms with Crippen LogP contribution in [0.4, 0.5) is 5.69 Å². The maximum atomic E-state index is 13.5. The summed E-state index contributed by atoms with van der Waals surface area (Å²) in [5.74, 6) is 0.964. The fourth-order valence-electron chi connectivity index (χ4n) is 4.10. The molecule has 0 aliphatic rings. The first-order valence-corrected chi connectivity index (χ1v) is 12.8. The van der Waals surface area contributed by atoms with E-state index in [0.717, 1.165) is 16.9 Å². The van der Waals surface area contributed by atoms with Crippen LogP contribution in [0.2, 0.25) is 0 Å². The Morgan fingerprint density at radius 2 is 1.77 bits per heavy atom. The first-order valence-electron chi connectivity index (χ1n) is 11.3. The smallest absolute Gasteiger partial charge is 0.259 e. The number of nitrogens with one attached hydrogen (secondary N) is 1. The van der Waals surface area contributed by atoms with Gasteiger partial charge in [0.05, 0.1) is 27.2 Å². The molecule has 35 heavy (non-hydrogen) atoms. The number of furan rings is 1. The van der Waals surface area contributed by atoms with Crippen LogP contribution in [0.25, 0.3) is 22.4 Å². The molecule has 0 bridgehead atoms. The lowest BCUT2D eigenvalue weighted by Gasteiger charge is -2.19. The number of pyridine rings is 1. The van der Waals surface area contributed by atoms with Gasteiger partial charge in [0.2, 0.25) is 10.0 Å². The van der Waals surface area contributed by atoms with Gasteiger partial charge in [0.15, 0.2) is 0 Å². The predicted molar refractivity (Wildman–Crippen MR) is 133 cm³/mol. The van der Waals surface area contributed by atoms with Gasteiger partial charge in [-0.25, -0.2) is 13.4 Å². The minimum atomic E-state index is -3.68. The number of anilines is 1. The summed E-state index contributed by atoms with van der Waals surface area (Å²) < 4.78 is 38.4. The van der Waals surface area contributed by atoms with Crippen LogP contribution >= 0.6 is 0 Å². The number of fused-ring (bicyclic) bond motifs is 1. The summed E-state index contributed by atoms with van der Waals surface area (Å²) in [6.07, 6.45) is 0. The largest absolute Gasteiger partial charge is 0.466 e. The molecule has 4 aromatic rings. The van der Waals surface area contributed by atoms with E-state index in [1.54, 1.807) is 45.9 Å². The Bertz CT molecular complexity index is 1530. The SMILES string of the molecule is CCN(CC)S(=O)(=O)c1ccc(C)c(NC(=O)c2cc(-c3cc(C)oc3C)nc3onc(C)c23)c1. The minimum absolute atomic E-state index is 0.119.